The zero-order valence-electron chi connectivity index (χ0n) is 17.5. The van der Waals surface area contributed by atoms with Crippen LogP contribution in [0.25, 0.3) is 0 Å². The molecular formula is C23H28N2O4. The van der Waals surface area contributed by atoms with Gasteiger partial charge in [-0.25, -0.2) is 4.79 Å². The van der Waals surface area contributed by atoms with Gasteiger partial charge in [0.05, 0.1) is 13.7 Å². The molecule has 1 N–H and O–H groups in total. The first-order chi connectivity index (χ1) is 13.8. The van der Waals surface area contributed by atoms with Gasteiger partial charge in [0.15, 0.2) is 0 Å². The fourth-order valence-electron chi connectivity index (χ4n) is 3.57. The topological polar surface area (TPSA) is 67.9 Å². The second-order valence-electron chi connectivity index (χ2n) is 7.64. The molecule has 154 valence electrons. The third-order valence-corrected chi connectivity index (χ3v) is 5.39. The Morgan fingerprint density at radius 1 is 1.03 bits per heavy atom. The zero-order valence-corrected chi connectivity index (χ0v) is 17.5. The van der Waals surface area contributed by atoms with Crippen molar-refractivity contribution in [2.45, 2.75) is 39.2 Å². The fourth-order valence-corrected chi connectivity index (χ4v) is 3.57. The van der Waals surface area contributed by atoms with Crippen LogP contribution in [0, 0.1) is 13.8 Å². The molecule has 3 amide bonds. The van der Waals surface area contributed by atoms with E-state index in [1.165, 1.54) is 4.90 Å². The van der Waals surface area contributed by atoms with Gasteiger partial charge in [-0.15, -0.1) is 0 Å². The van der Waals surface area contributed by atoms with E-state index in [0.717, 1.165) is 28.2 Å². The van der Waals surface area contributed by atoms with Crippen LogP contribution < -0.4 is 14.8 Å². The van der Waals surface area contributed by atoms with Crippen molar-refractivity contribution in [3.8, 4) is 11.5 Å². The maximum atomic E-state index is 12.9. The molecule has 0 spiro atoms. The van der Waals surface area contributed by atoms with Crippen LogP contribution in [0.4, 0.5) is 4.79 Å². The Labute approximate surface area is 171 Å². The lowest BCUT2D eigenvalue weighted by Gasteiger charge is -2.22. The minimum absolute atomic E-state index is 0.207. The number of para-hydroxylation sites is 1. The highest BCUT2D eigenvalue weighted by atomic mass is 16.5. The van der Waals surface area contributed by atoms with Crippen LogP contribution in [0.15, 0.2) is 42.5 Å². The summed E-state index contributed by atoms with van der Waals surface area (Å²) in [6, 6.07) is 13.3. The van der Waals surface area contributed by atoms with Crippen molar-refractivity contribution >= 4 is 11.9 Å². The summed E-state index contributed by atoms with van der Waals surface area (Å²) < 4.78 is 11.0. The summed E-state index contributed by atoms with van der Waals surface area (Å²) in [5, 5.41) is 2.85. The SMILES string of the molecule is COc1ccc(CCC2(C)NC(=O)N(CCOc3c(C)cccc3C)C2=O)cc1. The van der Waals surface area contributed by atoms with Gasteiger partial charge in [0, 0.05) is 0 Å². The van der Waals surface area contributed by atoms with Crippen molar-refractivity contribution in [2.75, 3.05) is 20.3 Å². The number of hydrogen-bond donors (Lipinski definition) is 1. The summed E-state index contributed by atoms with van der Waals surface area (Å²) in [7, 11) is 1.63. The van der Waals surface area contributed by atoms with Gasteiger partial charge in [0.2, 0.25) is 0 Å². The molecule has 0 bridgehead atoms. The van der Waals surface area contributed by atoms with Crippen molar-refractivity contribution in [1.82, 2.24) is 10.2 Å². The number of urea groups is 1. The molecule has 1 unspecified atom stereocenters. The molecule has 0 radical (unpaired) electrons. The molecule has 0 aliphatic carbocycles. The standard InChI is InChI=1S/C23H28N2O4/c1-16-6-5-7-17(2)20(16)29-15-14-25-21(26)23(3,24-22(25)27)13-12-18-8-10-19(28-4)11-9-18/h5-11H,12-15H2,1-4H3,(H,24,27). The van der Waals surface area contributed by atoms with Gasteiger partial charge < -0.3 is 14.8 Å². The van der Waals surface area contributed by atoms with E-state index in [4.69, 9.17) is 9.47 Å². The lowest BCUT2D eigenvalue weighted by atomic mass is 9.93. The molecule has 3 rings (SSSR count). The number of ether oxygens (including phenoxy) is 2. The van der Waals surface area contributed by atoms with Gasteiger partial charge in [-0.2, -0.15) is 0 Å². The summed E-state index contributed by atoms with van der Waals surface area (Å²) in [5.74, 6) is 1.39. The van der Waals surface area contributed by atoms with E-state index >= 15 is 0 Å². The van der Waals surface area contributed by atoms with E-state index in [-0.39, 0.29) is 25.1 Å². The maximum absolute atomic E-state index is 12.9. The van der Waals surface area contributed by atoms with Gasteiger partial charge >= 0.3 is 6.03 Å². The van der Waals surface area contributed by atoms with Crippen molar-refractivity contribution < 1.29 is 19.1 Å². The highest BCUT2D eigenvalue weighted by molar-refractivity contribution is 6.06. The Hall–Kier alpha value is -3.02. The van der Waals surface area contributed by atoms with Gasteiger partial charge in [-0.1, -0.05) is 30.3 Å². The highest BCUT2D eigenvalue weighted by Crippen LogP contribution is 2.25. The van der Waals surface area contributed by atoms with Crippen molar-refractivity contribution in [2.24, 2.45) is 0 Å². The molecule has 2 aromatic carbocycles. The minimum Gasteiger partial charge on any atom is -0.497 e. The number of methoxy groups -OCH3 is 1. The van der Waals surface area contributed by atoms with Crippen LogP contribution in [-0.2, 0) is 11.2 Å². The maximum Gasteiger partial charge on any atom is 0.325 e. The number of benzene rings is 2. The number of nitrogens with zero attached hydrogens (tertiary/aromatic N) is 1. The smallest absolute Gasteiger partial charge is 0.325 e. The van der Waals surface area contributed by atoms with Gasteiger partial charge in [0.1, 0.15) is 23.6 Å². The predicted octanol–water partition coefficient (Wildman–Crippen LogP) is 3.63. The van der Waals surface area contributed by atoms with E-state index < -0.39 is 5.54 Å². The van der Waals surface area contributed by atoms with Crippen LogP contribution in [-0.4, -0.2) is 42.6 Å². The van der Waals surface area contributed by atoms with E-state index in [2.05, 4.69) is 5.32 Å². The average molecular weight is 396 g/mol. The third kappa shape index (κ3) is 4.53. The Bertz CT molecular complexity index is 874. The summed E-state index contributed by atoms with van der Waals surface area (Å²) in [4.78, 5) is 26.5. The largest absolute Gasteiger partial charge is 0.497 e. The molecule has 1 heterocycles. The summed E-state index contributed by atoms with van der Waals surface area (Å²) in [5.41, 5.74) is 2.25. The molecule has 29 heavy (non-hydrogen) atoms. The monoisotopic (exact) mass is 396 g/mol. The predicted molar refractivity (Wildman–Crippen MR) is 111 cm³/mol. The summed E-state index contributed by atoms with van der Waals surface area (Å²) >= 11 is 0. The van der Waals surface area contributed by atoms with Gasteiger partial charge in [0.25, 0.3) is 5.91 Å². The molecule has 1 atom stereocenters. The molecule has 0 aromatic heterocycles. The molecule has 6 nitrogen and oxygen atoms in total. The number of imide groups is 1. The molecule has 1 aliphatic rings. The minimum atomic E-state index is -0.907. The second-order valence-corrected chi connectivity index (χ2v) is 7.64. The molecule has 1 saturated heterocycles. The van der Waals surface area contributed by atoms with E-state index in [1.807, 2.05) is 56.3 Å². The van der Waals surface area contributed by atoms with Crippen LogP contribution in [0.2, 0.25) is 0 Å². The van der Waals surface area contributed by atoms with Crippen LogP contribution >= 0.6 is 0 Å². The summed E-state index contributed by atoms with van der Waals surface area (Å²) in [6.07, 6.45) is 1.21. The first kappa shape index (κ1) is 20.7. The summed E-state index contributed by atoms with van der Waals surface area (Å²) in [6.45, 7) is 6.22. The number of carbonyl (C=O) groups is 2. The first-order valence-corrected chi connectivity index (χ1v) is 9.80. The second kappa shape index (κ2) is 8.55. The number of carbonyl (C=O) groups excluding carboxylic acids is 2. The van der Waals surface area contributed by atoms with Gasteiger partial charge in [-0.3, -0.25) is 9.69 Å². The Kier molecular flexibility index (Phi) is 6.11. The lowest BCUT2D eigenvalue weighted by molar-refractivity contribution is -0.131. The van der Waals surface area contributed by atoms with Gasteiger partial charge in [-0.05, 0) is 62.4 Å². The van der Waals surface area contributed by atoms with E-state index in [0.29, 0.717) is 12.8 Å². The Morgan fingerprint density at radius 3 is 2.31 bits per heavy atom. The lowest BCUT2D eigenvalue weighted by Crippen LogP contribution is -2.44. The number of amides is 3. The fraction of sp³-hybridized carbons (Fsp3) is 0.391. The molecule has 6 heteroatoms. The number of rotatable bonds is 8. The molecule has 1 fully saturated rings. The molecular weight excluding hydrogens is 368 g/mol. The quantitative estimate of drug-likeness (QED) is 0.692. The Morgan fingerprint density at radius 2 is 1.69 bits per heavy atom. The Balaban J connectivity index is 1.57. The molecule has 2 aromatic rings. The highest BCUT2D eigenvalue weighted by Gasteiger charge is 2.47. The van der Waals surface area contributed by atoms with E-state index in [1.54, 1.807) is 14.0 Å². The van der Waals surface area contributed by atoms with Crippen molar-refractivity contribution in [3.05, 3.63) is 59.2 Å². The normalized spacial score (nSPS) is 18.7. The van der Waals surface area contributed by atoms with Crippen LogP contribution in [0.1, 0.15) is 30.0 Å². The van der Waals surface area contributed by atoms with Crippen LogP contribution in [0.5, 0.6) is 11.5 Å². The number of nitrogens with one attached hydrogen (secondary N) is 1. The molecule has 0 saturated carbocycles. The number of hydrogen-bond acceptors (Lipinski definition) is 4. The zero-order chi connectivity index (χ0) is 21.0. The number of aryl methyl sites for hydroxylation is 3. The molecule has 1 aliphatic heterocycles. The van der Waals surface area contributed by atoms with E-state index in [9.17, 15) is 9.59 Å². The van der Waals surface area contributed by atoms with Crippen molar-refractivity contribution in [1.29, 1.82) is 0 Å². The van der Waals surface area contributed by atoms with Crippen LogP contribution in [0.3, 0.4) is 0 Å². The average Bonchev–Trinajstić information content (AvgIpc) is 2.92. The van der Waals surface area contributed by atoms with Crippen molar-refractivity contribution in [3.63, 3.8) is 0 Å². The third-order valence-electron chi connectivity index (χ3n) is 5.39. The first-order valence-electron chi connectivity index (χ1n) is 9.80.